The molecular weight excluding hydrogens is 312 g/mol. The summed E-state index contributed by atoms with van der Waals surface area (Å²) in [6.07, 6.45) is 7.63. The van der Waals surface area contributed by atoms with Gasteiger partial charge in [0.05, 0.1) is 0 Å². The molecule has 3 N–H and O–H groups in total. The van der Waals surface area contributed by atoms with Crippen LogP contribution in [-0.2, 0) is 25.8 Å². The summed E-state index contributed by atoms with van der Waals surface area (Å²) in [4.78, 5) is 4.43. The van der Waals surface area contributed by atoms with Gasteiger partial charge in [-0.2, -0.15) is 0 Å². The van der Waals surface area contributed by atoms with Gasteiger partial charge >= 0.3 is 0 Å². The second-order valence-corrected chi connectivity index (χ2v) is 6.54. The van der Waals surface area contributed by atoms with E-state index >= 15 is 0 Å². The first-order valence-electron chi connectivity index (χ1n) is 9.33. The van der Waals surface area contributed by atoms with Crippen LogP contribution in [0.2, 0.25) is 0 Å². The van der Waals surface area contributed by atoms with Crippen LogP contribution < -0.4 is 11.1 Å². The lowest BCUT2D eigenvalue weighted by atomic mass is 10.1. The maximum atomic E-state index is 5.99. The Hall–Kier alpha value is -2.37. The maximum absolute atomic E-state index is 5.99. The van der Waals surface area contributed by atoms with E-state index in [9.17, 15) is 0 Å². The van der Waals surface area contributed by atoms with Crippen molar-refractivity contribution in [2.45, 2.75) is 58.4 Å². The molecule has 3 rings (SSSR count). The predicted octanol–water partition coefficient (Wildman–Crippen LogP) is 2.93. The standard InChI is InChI=1S/C19H28N6/c1-2-15-8-6-9-16(14-15)22-19(20)21-12-7-11-18-24-23-17-10-4-3-5-13-25(17)18/h6,8-9,14H,2-5,7,10-13H2,1H3,(H3,20,21,22). The van der Waals surface area contributed by atoms with Crippen molar-refractivity contribution < 1.29 is 0 Å². The maximum Gasteiger partial charge on any atom is 0.193 e. The third-order valence-corrected chi connectivity index (χ3v) is 4.63. The third-order valence-electron chi connectivity index (χ3n) is 4.63. The van der Waals surface area contributed by atoms with Gasteiger partial charge in [-0.05, 0) is 43.4 Å². The van der Waals surface area contributed by atoms with E-state index in [1.165, 1.54) is 24.8 Å². The first-order valence-corrected chi connectivity index (χ1v) is 9.33. The van der Waals surface area contributed by atoms with Crippen molar-refractivity contribution in [3.8, 4) is 0 Å². The monoisotopic (exact) mass is 340 g/mol. The van der Waals surface area contributed by atoms with E-state index in [2.05, 4.69) is 44.1 Å². The molecule has 6 nitrogen and oxygen atoms in total. The number of nitrogens with two attached hydrogens (primary N) is 1. The van der Waals surface area contributed by atoms with Crippen molar-refractivity contribution >= 4 is 11.6 Å². The van der Waals surface area contributed by atoms with Crippen LogP contribution in [0.15, 0.2) is 29.3 Å². The summed E-state index contributed by atoms with van der Waals surface area (Å²) in [5.41, 5.74) is 8.27. The molecule has 2 aromatic rings. The van der Waals surface area contributed by atoms with E-state index in [4.69, 9.17) is 5.73 Å². The number of fused-ring (bicyclic) bond motifs is 1. The zero-order valence-corrected chi connectivity index (χ0v) is 15.0. The Balaban J connectivity index is 1.49. The van der Waals surface area contributed by atoms with Gasteiger partial charge in [0.1, 0.15) is 11.6 Å². The van der Waals surface area contributed by atoms with Gasteiger partial charge in [0, 0.05) is 31.6 Å². The van der Waals surface area contributed by atoms with Crippen LogP contribution in [0.3, 0.4) is 0 Å². The van der Waals surface area contributed by atoms with Crippen molar-refractivity contribution in [2.75, 3.05) is 11.9 Å². The Kier molecular flexibility index (Phi) is 6.04. The van der Waals surface area contributed by atoms with Crippen LogP contribution in [0.25, 0.3) is 0 Å². The summed E-state index contributed by atoms with van der Waals surface area (Å²) in [5, 5.41) is 11.9. The number of aryl methyl sites for hydroxylation is 3. The van der Waals surface area contributed by atoms with Gasteiger partial charge in [-0.1, -0.05) is 25.5 Å². The van der Waals surface area contributed by atoms with Crippen molar-refractivity contribution in [3.05, 3.63) is 41.5 Å². The molecule has 0 saturated heterocycles. The lowest BCUT2D eigenvalue weighted by Gasteiger charge is -2.08. The third kappa shape index (κ3) is 4.81. The van der Waals surface area contributed by atoms with E-state index in [1.807, 2.05) is 12.1 Å². The quantitative estimate of drug-likeness (QED) is 0.481. The highest BCUT2D eigenvalue weighted by atomic mass is 15.3. The zero-order chi connectivity index (χ0) is 17.5. The highest BCUT2D eigenvalue weighted by Crippen LogP contribution is 2.15. The van der Waals surface area contributed by atoms with Gasteiger partial charge in [0.15, 0.2) is 5.96 Å². The van der Waals surface area contributed by atoms with Crippen LogP contribution in [0.4, 0.5) is 5.69 Å². The average Bonchev–Trinajstić information content (AvgIpc) is 2.85. The van der Waals surface area contributed by atoms with Crippen molar-refractivity contribution in [3.63, 3.8) is 0 Å². The summed E-state index contributed by atoms with van der Waals surface area (Å²) in [6.45, 7) is 3.88. The molecule has 1 aromatic heterocycles. The number of nitrogens with zero attached hydrogens (tertiary/aromatic N) is 4. The van der Waals surface area contributed by atoms with Gasteiger partial charge in [0.2, 0.25) is 0 Å². The van der Waals surface area contributed by atoms with Crippen LogP contribution in [0.1, 0.15) is 49.8 Å². The molecule has 0 amide bonds. The van der Waals surface area contributed by atoms with Crippen LogP contribution in [-0.4, -0.2) is 27.3 Å². The van der Waals surface area contributed by atoms with Gasteiger partial charge in [-0.15, -0.1) is 10.2 Å². The molecule has 0 radical (unpaired) electrons. The lowest BCUT2D eigenvalue weighted by molar-refractivity contribution is 0.598. The number of hydrogen-bond acceptors (Lipinski definition) is 3. The van der Waals surface area contributed by atoms with E-state index < -0.39 is 0 Å². The number of rotatable bonds is 6. The van der Waals surface area contributed by atoms with E-state index in [0.717, 1.165) is 49.6 Å². The van der Waals surface area contributed by atoms with Crippen molar-refractivity contribution in [1.29, 1.82) is 0 Å². The molecule has 1 aliphatic rings. The molecule has 0 spiro atoms. The Morgan fingerprint density at radius 1 is 1.28 bits per heavy atom. The lowest BCUT2D eigenvalue weighted by Crippen LogP contribution is -2.23. The molecule has 0 saturated carbocycles. The molecule has 0 fully saturated rings. The summed E-state index contributed by atoms with van der Waals surface area (Å²) in [7, 11) is 0. The second-order valence-electron chi connectivity index (χ2n) is 6.54. The molecular formula is C19H28N6. The van der Waals surface area contributed by atoms with Gasteiger partial charge < -0.3 is 15.6 Å². The Labute approximate surface area is 149 Å². The minimum Gasteiger partial charge on any atom is -0.370 e. The molecule has 6 heteroatoms. The van der Waals surface area contributed by atoms with E-state index in [-0.39, 0.29) is 0 Å². The Morgan fingerprint density at radius 3 is 3.08 bits per heavy atom. The predicted molar refractivity (Wildman–Crippen MR) is 102 cm³/mol. The first kappa shape index (κ1) is 17.5. The summed E-state index contributed by atoms with van der Waals surface area (Å²) in [5.74, 6) is 2.70. The molecule has 0 atom stereocenters. The molecule has 0 bridgehead atoms. The van der Waals surface area contributed by atoms with Gasteiger partial charge in [-0.25, -0.2) is 0 Å². The fourth-order valence-electron chi connectivity index (χ4n) is 3.22. The summed E-state index contributed by atoms with van der Waals surface area (Å²) >= 11 is 0. The topological polar surface area (TPSA) is 81.1 Å². The number of aliphatic imine (C=N–C) groups is 1. The number of nitrogens with one attached hydrogen (secondary N) is 1. The SMILES string of the molecule is CCc1cccc(NC(N)=NCCCc2nnc3n2CCCCC3)c1. The first-order chi connectivity index (χ1) is 12.3. The van der Waals surface area contributed by atoms with Crippen LogP contribution >= 0.6 is 0 Å². The number of anilines is 1. The van der Waals surface area contributed by atoms with Crippen LogP contribution in [0.5, 0.6) is 0 Å². The molecule has 2 heterocycles. The highest BCUT2D eigenvalue weighted by Gasteiger charge is 2.13. The molecule has 1 aromatic carbocycles. The second kappa shape index (κ2) is 8.65. The van der Waals surface area contributed by atoms with Gasteiger partial charge in [-0.3, -0.25) is 4.99 Å². The summed E-state index contributed by atoms with van der Waals surface area (Å²) < 4.78 is 2.30. The minimum atomic E-state index is 0.466. The normalized spacial score (nSPS) is 14.8. The van der Waals surface area contributed by atoms with Crippen molar-refractivity contribution in [2.24, 2.45) is 10.7 Å². The molecule has 1 aliphatic heterocycles. The molecule has 0 unspecified atom stereocenters. The van der Waals surface area contributed by atoms with Crippen molar-refractivity contribution in [1.82, 2.24) is 14.8 Å². The number of benzene rings is 1. The van der Waals surface area contributed by atoms with Gasteiger partial charge in [0.25, 0.3) is 0 Å². The molecule has 25 heavy (non-hydrogen) atoms. The Bertz CT molecular complexity index is 718. The Morgan fingerprint density at radius 2 is 2.20 bits per heavy atom. The largest absolute Gasteiger partial charge is 0.370 e. The summed E-state index contributed by atoms with van der Waals surface area (Å²) in [6, 6.07) is 8.26. The smallest absolute Gasteiger partial charge is 0.193 e. The zero-order valence-electron chi connectivity index (χ0n) is 15.0. The van der Waals surface area contributed by atoms with Crippen LogP contribution in [0, 0.1) is 0 Å². The minimum absolute atomic E-state index is 0.466. The average molecular weight is 340 g/mol. The number of aromatic nitrogens is 3. The fourth-order valence-corrected chi connectivity index (χ4v) is 3.22. The fraction of sp³-hybridized carbons (Fsp3) is 0.526. The molecule has 134 valence electrons. The van der Waals surface area contributed by atoms with E-state index in [0.29, 0.717) is 12.5 Å². The number of guanidine groups is 1. The highest BCUT2D eigenvalue weighted by molar-refractivity contribution is 5.92. The number of hydrogen-bond donors (Lipinski definition) is 2. The van der Waals surface area contributed by atoms with E-state index in [1.54, 1.807) is 0 Å². The molecule has 0 aliphatic carbocycles.